The van der Waals surface area contributed by atoms with Crippen molar-refractivity contribution in [1.29, 1.82) is 0 Å². The lowest BCUT2D eigenvalue weighted by Gasteiger charge is -2.23. The van der Waals surface area contributed by atoms with Crippen molar-refractivity contribution in [3.05, 3.63) is 190 Å². The molecule has 0 heterocycles. The van der Waals surface area contributed by atoms with Gasteiger partial charge < -0.3 is 4.43 Å². The van der Waals surface area contributed by atoms with Gasteiger partial charge in [0, 0.05) is 16.3 Å². The average molecular weight is 841 g/mol. The minimum atomic E-state index is -4.08. The van der Waals surface area contributed by atoms with Crippen molar-refractivity contribution in [1.82, 2.24) is 0 Å². The van der Waals surface area contributed by atoms with E-state index in [4.69, 9.17) is 18.0 Å². The molecule has 6 aromatic carbocycles. The van der Waals surface area contributed by atoms with Crippen LogP contribution < -0.4 is 10.4 Å². The standard InChI is InChI=1S/C48H45BrO5PSi/c1-48(2,3)34-25-27-37(28-26-34)56(36-15-5-4-6-16-36)54-31-35(49)29-30-51-55(50,52-32-46-42-21-11-7-17-38(42)39-18-8-12-22-43(39)46)53-33-47-44-23-13-9-19-40(44)41-20-10-14-24-45(41)47/h4-29,46-47H,30-33H2,1-3H3/b35-29-. The number of phosphoric ester groups is 1. The molecule has 0 saturated carbocycles. The Morgan fingerprint density at radius 1 is 0.589 bits per heavy atom. The van der Waals surface area contributed by atoms with Crippen LogP contribution in [0.4, 0.5) is 0 Å². The van der Waals surface area contributed by atoms with Crippen LogP contribution in [0.3, 0.4) is 0 Å². The Balaban J connectivity index is 1.00. The Labute approximate surface area is 340 Å². The highest BCUT2D eigenvalue weighted by Crippen LogP contribution is 2.55. The first-order valence-electron chi connectivity index (χ1n) is 19.1. The number of hydrogen-bond donors (Lipinski definition) is 0. The molecule has 0 bridgehead atoms. The molecule has 0 unspecified atom stereocenters. The molecule has 5 nitrogen and oxygen atoms in total. The van der Waals surface area contributed by atoms with Gasteiger partial charge in [0.1, 0.15) is 0 Å². The third-order valence-corrected chi connectivity index (χ3v) is 14.8. The normalized spacial score (nSPS) is 14.1. The summed E-state index contributed by atoms with van der Waals surface area (Å²) in [6.45, 7) is 7.29. The first kappa shape index (κ1) is 38.7. The van der Waals surface area contributed by atoms with Crippen LogP contribution in [0.25, 0.3) is 22.3 Å². The van der Waals surface area contributed by atoms with Gasteiger partial charge in [-0.25, -0.2) is 4.57 Å². The van der Waals surface area contributed by atoms with Crippen molar-refractivity contribution >= 4 is 43.2 Å². The van der Waals surface area contributed by atoms with Crippen molar-refractivity contribution < 1.29 is 22.6 Å². The summed E-state index contributed by atoms with van der Waals surface area (Å²) in [5.41, 5.74) is 10.6. The molecule has 0 atom stereocenters. The van der Waals surface area contributed by atoms with Crippen LogP contribution in [0.5, 0.6) is 0 Å². The molecule has 6 aromatic rings. The van der Waals surface area contributed by atoms with Gasteiger partial charge in [-0.1, -0.05) is 188 Å². The molecular formula is C48H45BrO5PSi. The van der Waals surface area contributed by atoms with Crippen molar-refractivity contribution in [3.8, 4) is 22.3 Å². The predicted molar refractivity (Wildman–Crippen MR) is 232 cm³/mol. The fraction of sp³-hybridized carbons (Fsp3) is 0.208. The van der Waals surface area contributed by atoms with E-state index in [1.165, 1.54) is 33.0 Å². The molecule has 8 rings (SSSR count). The van der Waals surface area contributed by atoms with Gasteiger partial charge >= 0.3 is 7.82 Å². The lowest BCUT2D eigenvalue weighted by Crippen LogP contribution is -2.45. The van der Waals surface area contributed by atoms with E-state index in [1.54, 1.807) is 0 Å². The quantitative estimate of drug-likeness (QED) is 0.0808. The van der Waals surface area contributed by atoms with E-state index in [1.807, 2.05) is 60.7 Å². The summed E-state index contributed by atoms with van der Waals surface area (Å²) < 4.78 is 41.0. The zero-order valence-electron chi connectivity index (χ0n) is 31.9. The summed E-state index contributed by atoms with van der Waals surface area (Å²) in [5, 5.41) is 2.33. The third kappa shape index (κ3) is 8.27. The predicted octanol–water partition coefficient (Wildman–Crippen LogP) is 11.2. The zero-order chi connectivity index (χ0) is 38.7. The van der Waals surface area contributed by atoms with Crippen molar-refractivity contribution in [2.75, 3.05) is 26.4 Å². The number of halogens is 1. The van der Waals surface area contributed by atoms with E-state index in [-0.39, 0.29) is 37.1 Å². The Hall–Kier alpha value is -4.17. The van der Waals surface area contributed by atoms with E-state index in [0.717, 1.165) is 31.9 Å². The summed E-state index contributed by atoms with van der Waals surface area (Å²) in [4.78, 5) is 0. The van der Waals surface area contributed by atoms with Crippen molar-refractivity contribution in [3.63, 3.8) is 0 Å². The second kappa shape index (κ2) is 16.7. The number of fused-ring (bicyclic) bond motifs is 6. The summed E-state index contributed by atoms with van der Waals surface area (Å²) in [5.74, 6) is -0.217. The van der Waals surface area contributed by atoms with E-state index < -0.39 is 16.9 Å². The Kier molecular flexibility index (Phi) is 11.6. The van der Waals surface area contributed by atoms with Gasteiger partial charge in [-0.3, -0.25) is 13.6 Å². The Morgan fingerprint density at radius 2 is 1.00 bits per heavy atom. The molecule has 0 N–H and O–H groups in total. The first-order chi connectivity index (χ1) is 27.2. The van der Waals surface area contributed by atoms with Crippen LogP contribution in [0, 0.1) is 0 Å². The highest BCUT2D eigenvalue weighted by molar-refractivity contribution is 9.11. The highest BCUT2D eigenvalue weighted by Gasteiger charge is 2.36. The van der Waals surface area contributed by atoms with Crippen LogP contribution in [0.1, 0.15) is 60.4 Å². The second-order valence-electron chi connectivity index (χ2n) is 15.3. The van der Waals surface area contributed by atoms with Crippen LogP contribution in [0.15, 0.2) is 162 Å². The fourth-order valence-corrected chi connectivity index (χ4v) is 11.3. The van der Waals surface area contributed by atoms with Gasteiger partial charge in [-0.15, -0.1) is 0 Å². The molecule has 2 aliphatic carbocycles. The van der Waals surface area contributed by atoms with Gasteiger partial charge in [0.15, 0.2) is 0 Å². The molecule has 1 radical (unpaired) electrons. The van der Waals surface area contributed by atoms with E-state index in [2.05, 4.69) is 134 Å². The zero-order valence-corrected chi connectivity index (χ0v) is 35.3. The van der Waals surface area contributed by atoms with Gasteiger partial charge in [-0.05, 0) is 71.9 Å². The second-order valence-corrected chi connectivity index (χ2v) is 20.0. The summed E-state index contributed by atoms with van der Waals surface area (Å²) in [6, 6.07) is 52.5. The molecule has 283 valence electrons. The van der Waals surface area contributed by atoms with E-state index in [9.17, 15) is 4.57 Å². The molecular weight excluding hydrogens is 795 g/mol. The average Bonchev–Trinajstić information content (AvgIpc) is 3.72. The summed E-state index contributed by atoms with van der Waals surface area (Å²) in [7, 11) is -5.64. The molecule has 0 aliphatic heterocycles. The van der Waals surface area contributed by atoms with Gasteiger partial charge in [-0.2, -0.15) is 0 Å². The molecule has 0 saturated heterocycles. The monoisotopic (exact) mass is 839 g/mol. The SMILES string of the molecule is CC(C)(C)c1ccc([Si](OC/C(Br)=C/COP(=O)(OCC2c3ccccc3-c3ccccc32)OCC2c3ccccc3-c3ccccc32)c2ccccc2)cc1. The molecule has 56 heavy (non-hydrogen) atoms. The van der Waals surface area contributed by atoms with Crippen molar-refractivity contribution in [2.24, 2.45) is 0 Å². The highest BCUT2D eigenvalue weighted by atomic mass is 79.9. The number of phosphoric acid groups is 1. The topological polar surface area (TPSA) is 54.0 Å². The Morgan fingerprint density at radius 3 is 1.45 bits per heavy atom. The molecule has 0 spiro atoms. The summed E-state index contributed by atoms with van der Waals surface area (Å²) >= 11 is 3.72. The first-order valence-corrected chi connectivity index (χ1v) is 22.8. The lowest BCUT2D eigenvalue weighted by molar-refractivity contribution is 0.117. The van der Waals surface area contributed by atoms with Crippen molar-refractivity contribution in [2.45, 2.75) is 38.0 Å². The van der Waals surface area contributed by atoms with Crippen LogP contribution in [-0.4, -0.2) is 35.5 Å². The lowest BCUT2D eigenvalue weighted by atomic mass is 9.87. The smallest absolute Gasteiger partial charge is 0.402 e. The van der Waals surface area contributed by atoms with Crippen LogP contribution >= 0.6 is 23.8 Å². The van der Waals surface area contributed by atoms with Gasteiger partial charge in [0.05, 0.1) is 26.4 Å². The molecule has 0 amide bonds. The van der Waals surface area contributed by atoms with E-state index in [0.29, 0.717) is 6.61 Å². The van der Waals surface area contributed by atoms with Crippen LogP contribution in [0.2, 0.25) is 0 Å². The van der Waals surface area contributed by atoms with Gasteiger partial charge in [0.2, 0.25) is 0 Å². The van der Waals surface area contributed by atoms with Gasteiger partial charge in [0.25, 0.3) is 9.04 Å². The molecule has 8 heteroatoms. The maximum absolute atomic E-state index is 14.8. The third-order valence-electron chi connectivity index (χ3n) is 10.7. The minimum absolute atomic E-state index is 0.00456. The number of hydrogen-bond acceptors (Lipinski definition) is 5. The molecule has 0 aromatic heterocycles. The maximum Gasteiger partial charge on any atom is 0.475 e. The largest absolute Gasteiger partial charge is 0.475 e. The fourth-order valence-electron chi connectivity index (χ4n) is 7.79. The number of rotatable bonds is 14. The molecule has 2 aliphatic rings. The summed E-state index contributed by atoms with van der Waals surface area (Å²) in [6.07, 6.45) is 1.84. The molecule has 0 fully saturated rings. The minimum Gasteiger partial charge on any atom is -0.402 e. The maximum atomic E-state index is 14.8. The Bertz CT molecular complexity index is 2200. The van der Waals surface area contributed by atoms with Crippen LogP contribution in [-0.2, 0) is 28.0 Å². The number of benzene rings is 6. The van der Waals surface area contributed by atoms with E-state index >= 15 is 0 Å².